The molecular formula is C31H46F2N10O3. The van der Waals surface area contributed by atoms with Crippen LogP contribution in [-0.2, 0) is 14.3 Å². The van der Waals surface area contributed by atoms with E-state index in [2.05, 4.69) is 29.7 Å². The molecule has 2 aromatic rings. The Bertz CT molecular complexity index is 1330. The molecule has 0 aromatic carbocycles. The van der Waals surface area contributed by atoms with Gasteiger partial charge in [0.05, 0.1) is 18.8 Å². The number of carbonyl (C=O) groups excluding carboxylic acids is 2. The fourth-order valence-corrected chi connectivity index (χ4v) is 6.28. The molecule has 2 aromatic heterocycles. The zero-order valence-corrected chi connectivity index (χ0v) is 26.9. The Kier molecular flexibility index (Phi) is 11.6. The van der Waals surface area contributed by atoms with Crippen LogP contribution in [-0.4, -0.2) is 119 Å². The standard InChI is InChI=1S/C31H46F2N10O3/c1-21(2)18-23(44)4-3-5-25(45)41-8-6-22(7-9-41)20-40-10-12-42(13-11-40)30-37-28(24-19-35-29(34)36-26(24)27(32)33)38-31(39-30)43-14-16-46-17-15-43/h19,21-22,27H,3-18,20H2,1-2H3,(H2,34,35,36). The average Bonchev–Trinajstić information content (AvgIpc) is 3.05. The molecule has 13 nitrogen and oxygen atoms in total. The van der Waals surface area contributed by atoms with Gasteiger partial charge in [-0.25, -0.2) is 18.7 Å². The van der Waals surface area contributed by atoms with E-state index >= 15 is 0 Å². The summed E-state index contributed by atoms with van der Waals surface area (Å²) in [4.78, 5) is 54.7. The molecule has 0 aliphatic carbocycles. The normalized spacial score (nSPS) is 18.5. The van der Waals surface area contributed by atoms with Crippen molar-refractivity contribution in [2.45, 2.75) is 58.8 Å². The predicted octanol–water partition coefficient (Wildman–Crippen LogP) is 2.83. The summed E-state index contributed by atoms with van der Waals surface area (Å²) in [5, 5.41) is 0. The Balaban J connectivity index is 1.16. The summed E-state index contributed by atoms with van der Waals surface area (Å²) >= 11 is 0. The number of hydrogen-bond acceptors (Lipinski definition) is 12. The number of carbonyl (C=O) groups is 2. The number of likely N-dealkylation sites (tertiary alicyclic amines) is 1. The summed E-state index contributed by atoms with van der Waals surface area (Å²) in [5.41, 5.74) is 5.13. The Labute approximate surface area is 268 Å². The van der Waals surface area contributed by atoms with Crippen molar-refractivity contribution in [1.82, 2.24) is 34.7 Å². The van der Waals surface area contributed by atoms with Crippen LogP contribution in [0.5, 0.6) is 0 Å². The first-order valence-electron chi connectivity index (χ1n) is 16.4. The lowest BCUT2D eigenvalue weighted by atomic mass is 9.95. The molecule has 0 unspecified atom stereocenters. The number of anilines is 3. The molecule has 3 fully saturated rings. The summed E-state index contributed by atoms with van der Waals surface area (Å²) in [6.45, 7) is 11.7. The molecule has 1 amide bonds. The van der Waals surface area contributed by atoms with E-state index in [1.165, 1.54) is 6.20 Å². The van der Waals surface area contributed by atoms with E-state index in [0.717, 1.165) is 45.6 Å². The van der Waals surface area contributed by atoms with Gasteiger partial charge < -0.3 is 25.2 Å². The molecule has 0 radical (unpaired) electrons. The quantitative estimate of drug-likeness (QED) is 0.362. The minimum absolute atomic E-state index is 0.0328. The van der Waals surface area contributed by atoms with Gasteiger partial charge in [-0.05, 0) is 31.1 Å². The number of ketones is 1. The first-order valence-corrected chi connectivity index (χ1v) is 16.4. The van der Waals surface area contributed by atoms with Gasteiger partial charge in [-0.1, -0.05) is 13.8 Å². The SMILES string of the molecule is CC(C)CC(=O)CCCC(=O)N1CCC(CN2CCN(c3nc(-c4cnc(N)nc4C(F)F)nc(N4CCOCC4)n3)CC2)CC1. The van der Waals surface area contributed by atoms with Crippen molar-refractivity contribution in [3.05, 3.63) is 11.9 Å². The highest BCUT2D eigenvalue weighted by molar-refractivity contribution is 5.80. The first kappa shape index (κ1) is 33.8. The number of piperazine rings is 1. The predicted molar refractivity (Wildman–Crippen MR) is 170 cm³/mol. The Morgan fingerprint density at radius 2 is 1.57 bits per heavy atom. The first-order chi connectivity index (χ1) is 22.2. The summed E-state index contributed by atoms with van der Waals surface area (Å²) in [7, 11) is 0. The van der Waals surface area contributed by atoms with E-state index in [-0.39, 0.29) is 29.0 Å². The van der Waals surface area contributed by atoms with Gasteiger partial charge >= 0.3 is 0 Å². The van der Waals surface area contributed by atoms with E-state index in [0.29, 0.717) is 88.8 Å². The molecule has 5 heterocycles. The molecule has 0 spiro atoms. The van der Waals surface area contributed by atoms with Gasteiger partial charge in [0.25, 0.3) is 6.43 Å². The highest BCUT2D eigenvalue weighted by Gasteiger charge is 2.28. The number of aromatic nitrogens is 5. The number of morpholine rings is 1. The second-order valence-corrected chi connectivity index (χ2v) is 12.8. The smallest absolute Gasteiger partial charge is 0.281 e. The third kappa shape index (κ3) is 9.02. The van der Waals surface area contributed by atoms with Crippen molar-refractivity contribution < 1.29 is 23.1 Å². The van der Waals surface area contributed by atoms with Gasteiger partial charge in [0.2, 0.25) is 23.8 Å². The topological polar surface area (TPSA) is 147 Å². The lowest BCUT2D eigenvalue weighted by molar-refractivity contribution is -0.132. The number of nitrogens with two attached hydrogens (primary N) is 1. The minimum atomic E-state index is -2.87. The number of alkyl halides is 2. The van der Waals surface area contributed by atoms with E-state index in [4.69, 9.17) is 15.5 Å². The number of amides is 1. The van der Waals surface area contributed by atoms with Gasteiger partial charge in [0, 0.05) is 84.4 Å². The largest absolute Gasteiger partial charge is 0.378 e. The van der Waals surface area contributed by atoms with Crippen molar-refractivity contribution >= 4 is 29.5 Å². The van der Waals surface area contributed by atoms with Crippen LogP contribution in [0, 0.1) is 11.8 Å². The van der Waals surface area contributed by atoms with Crippen LogP contribution < -0.4 is 15.5 Å². The Morgan fingerprint density at radius 3 is 2.20 bits per heavy atom. The fourth-order valence-electron chi connectivity index (χ4n) is 6.28. The molecule has 46 heavy (non-hydrogen) atoms. The molecule has 15 heteroatoms. The minimum Gasteiger partial charge on any atom is -0.378 e. The lowest BCUT2D eigenvalue weighted by Gasteiger charge is -2.39. The fraction of sp³-hybridized carbons (Fsp3) is 0.710. The molecule has 252 valence electrons. The second-order valence-electron chi connectivity index (χ2n) is 12.8. The zero-order chi connectivity index (χ0) is 32.6. The van der Waals surface area contributed by atoms with Gasteiger partial charge in [0.15, 0.2) is 5.82 Å². The maximum atomic E-state index is 13.9. The highest BCUT2D eigenvalue weighted by Crippen LogP contribution is 2.30. The van der Waals surface area contributed by atoms with Crippen LogP contribution in [0.2, 0.25) is 0 Å². The van der Waals surface area contributed by atoms with Crippen LogP contribution in [0.15, 0.2) is 6.20 Å². The molecule has 0 atom stereocenters. The Morgan fingerprint density at radius 1 is 0.913 bits per heavy atom. The van der Waals surface area contributed by atoms with Crippen molar-refractivity contribution in [3.8, 4) is 11.4 Å². The molecule has 3 aliphatic heterocycles. The van der Waals surface area contributed by atoms with Gasteiger partial charge in [-0.15, -0.1) is 0 Å². The molecule has 2 N–H and O–H groups in total. The van der Waals surface area contributed by atoms with Crippen LogP contribution >= 0.6 is 0 Å². The van der Waals surface area contributed by atoms with Crippen molar-refractivity contribution in [2.24, 2.45) is 11.8 Å². The zero-order valence-electron chi connectivity index (χ0n) is 26.9. The maximum Gasteiger partial charge on any atom is 0.281 e. The van der Waals surface area contributed by atoms with Crippen LogP contribution in [0.1, 0.15) is 64.5 Å². The van der Waals surface area contributed by atoms with Crippen LogP contribution in [0.3, 0.4) is 0 Å². The van der Waals surface area contributed by atoms with E-state index in [1.807, 2.05) is 23.6 Å². The summed E-state index contributed by atoms with van der Waals surface area (Å²) in [6.07, 6.45) is 2.45. The van der Waals surface area contributed by atoms with Crippen molar-refractivity contribution in [1.29, 1.82) is 0 Å². The monoisotopic (exact) mass is 644 g/mol. The molecular weight excluding hydrogens is 598 g/mol. The number of nitrogen functional groups attached to an aromatic ring is 1. The highest BCUT2D eigenvalue weighted by atomic mass is 19.3. The average molecular weight is 645 g/mol. The van der Waals surface area contributed by atoms with Gasteiger partial charge in [-0.3, -0.25) is 14.5 Å². The molecule has 0 bridgehead atoms. The number of hydrogen-bond donors (Lipinski definition) is 1. The summed E-state index contributed by atoms with van der Waals surface area (Å²) in [5.74, 6) is 1.96. The third-order valence-electron chi connectivity index (χ3n) is 8.81. The van der Waals surface area contributed by atoms with E-state index < -0.39 is 12.1 Å². The van der Waals surface area contributed by atoms with Crippen LogP contribution in [0.25, 0.3) is 11.4 Å². The number of rotatable bonds is 12. The maximum absolute atomic E-state index is 13.9. The number of nitrogens with zero attached hydrogens (tertiary/aromatic N) is 9. The summed E-state index contributed by atoms with van der Waals surface area (Å²) in [6, 6.07) is 0. The molecule has 3 saturated heterocycles. The summed E-state index contributed by atoms with van der Waals surface area (Å²) < 4.78 is 33.3. The second kappa shape index (κ2) is 15.8. The molecule has 5 rings (SSSR count). The van der Waals surface area contributed by atoms with Gasteiger partial charge in [-0.2, -0.15) is 15.0 Å². The number of Topliss-reactive ketones (excluding diaryl/α,β-unsaturated/α-hetero) is 1. The van der Waals surface area contributed by atoms with E-state index in [9.17, 15) is 18.4 Å². The van der Waals surface area contributed by atoms with Crippen LogP contribution in [0.4, 0.5) is 26.6 Å². The Hall–Kier alpha value is -3.59. The van der Waals surface area contributed by atoms with Crippen molar-refractivity contribution in [3.63, 3.8) is 0 Å². The van der Waals surface area contributed by atoms with Crippen molar-refractivity contribution in [2.75, 3.05) is 87.7 Å². The number of piperidine rings is 1. The molecule has 3 aliphatic rings. The third-order valence-corrected chi connectivity index (χ3v) is 8.81. The lowest BCUT2D eigenvalue weighted by Crippen LogP contribution is -2.49. The van der Waals surface area contributed by atoms with Gasteiger partial charge in [0.1, 0.15) is 11.5 Å². The number of ether oxygens (including phenoxy) is 1. The van der Waals surface area contributed by atoms with E-state index in [1.54, 1.807) is 0 Å². The number of halogens is 2. The molecule has 0 saturated carbocycles.